The van der Waals surface area contributed by atoms with Crippen molar-refractivity contribution in [3.63, 3.8) is 0 Å². The quantitative estimate of drug-likeness (QED) is 0.734. The number of nitrogens with one attached hydrogen (secondary N) is 1. The van der Waals surface area contributed by atoms with Crippen LogP contribution in [0.1, 0.15) is 22.3 Å². The number of hydrogen-bond donors (Lipinski definition) is 3. The van der Waals surface area contributed by atoms with Crippen molar-refractivity contribution in [3.05, 3.63) is 65.7 Å². The fourth-order valence-electron chi connectivity index (χ4n) is 3.13. The van der Waals surface area contributed by atoms with E-state index in [1.807, 2.05) is 30.3 Å². The summed E-state index contributed by atoms with van der Waals surface area (Å²) in [7, 11) is 0. The number of aromatic hydroxyl groups is 1. The van der Waals surface area contributed by atoms with Gasteiger partial charge in [0, 0.05) is 24.6 Å². The van der Waals surface area contributed by atoms with Gasteiger partial charge in [0.25, 0.3) is 5.91 Å². The van der Waals surface area contributed by atoms with E-state index in [9.17, 15) is 19.8 Å². The van der Waals surface area contributed by atoms with Gasteiger partial charge in [-0.25, -0.2) is 4.79 Å². The molecule has 148 valence electrons. The molecule has 0 bridgehead atoms. The maximum atomic E-state index is 12.2. The lowest BCUT2D eigenvalue weighted by atomic mass is 9.94. The minimum atomic E-state index is -0.738. The summed E-state index contributed by atoms with van der Waals surface area (Å²) in [5, 5.41) is 22.4. The molecule has 1 fully saturated rings. The Morgan fingerprint density at radius 1 is 1.11 bits per heavy atom. The number of benzene rings is 2. The second-order valence-electron chi connectivity index (χ2n) is 6.86. The van der Waals surface area contributed by atoms with Crippen LogP contribution < -0.4 is 5.32 Å². The van der Waals surface area contributed by atoms with E-state index < -0.39 is 12.2 Å². The van der Waals surface area contributed by atoms with E-state index in [0.29, 0.717) is 25.1 Å². The Kier molecular flexibility index (Phi) is 6.49. The highest BCUT2D eigenvalue weighted by Crippen LogP contribution is 2.19. The lowest BCUT2D eigenvalue weighted by Crippen LogP contribution is -2.49. The van der Waals surface area contributed by atoms with Crippen LogP contribution in [0.5, 0.6) is 5.75 Å². The Morgan fingerprint density at radius 3 is 2.50 bits per heavy atom. The molecule has 0 aliphatic carbocycles. The summed E-state index contributed by atoms with van der Waals surface area (Å²) < 4.78 is 5.30. The smallest absolute Gasteiger partial charge is 0.410 e. The summed E-state index contributed by atoms with van der Waals surface area (Å²) in [6, 6.07) is 15.4. The van der Waals surface area contributed by atoms with Crippen LogP contribution >= 0.6 is 0 Å². The van der Waals surface area contributed by atoms with Gasteiger partial charge in [0.2, 0.25) is 0 Å². The number of amides is 2. The van der Waals surface area contributed by atoms with Gasteiger partial charge in [-0.05, 0) is 36.2 Å². The number of rotatable bonds is 5. The van der Waals surface area contributed by atoms with E-state index >= 15 is 0 Å². The number of piperidine rings is 1. The first-order valence-electron chi connectivity index (χ1n) is 9.24. The second kappa shape index (κ2) is 9.23. The van der Waals surface area contributed by atoms with Gasteiger partial charge in [0.1, 0.15) is 12.4 Å². The van der Waals surface area contributed by atoms with Crippen molar-refractivity contribution in [2.45, 2.75) is 19.1 Å². The van der Waals surface area contributed by atoms with Crippen LogP contribution in [0.25, 0.3) is 0 Å². The summed E-state index contributed by atoms with van der Waals surface area (Å²) in [5.74, 6) is -0.311. The summed E-state index contributed by atoms with van der Waals surface area (Å²) in [5.41, 5.74) is 1.34. The Morgan fingerprint density at radius 2 is 1.82 bits per heavy atom. The number of carbonyl (C=O) groups is 2. The largest absolute Gasteiger partial charge is 0.508 e. The highest BCUT2D eigenvalue weighted by Gasteiger charge is 2.31. The van der Waals surface area contributed by atoms with Gasteiger partial charge in [0.15, 0.2) is 0 Å². The van der Waals surface area contributed by atoms with E-state index in [1.165, 1.54) is 29.2 Å². The molecule has 0 unspecified atom stereocenters. The van der Waals surface area contributed by atoms with Crippen molar-refractivity contribution in [2.24, 2.45) is 5.92 Å². The van der Waals surface area contributed by atoms with E-state index in [-0.39, 0.29) is 30.7 Å². The topological polar surface area (TPSA) is 99.1 Å². The summed E-state index contributed by atoms with van der Waals surface area (Å²) >= 11 is 0. The predicted octanol–water partition coefficient (Wildman–Crippen LogP) is 2.14. The molecule has 0 saturated carbocycles. The van der Waals surface area contributed by atoms with Crippen LogP contribution in [0.2, 0.25) is 0 Å². The first-order valence-corrected chi connectivity index (χ1v) is 9.24. The first-order chi connectivity index (χ1) is 13.5. The zero-order valence-electron chi connectivity index (χ0n) is 15.5. The average molecular weight is 384 g/mol. The van der Waals surface area contributed by atoms with Crippen LogP contribution in [-0.4, -0.2) is 52.9 Å². The third-order valence-electron chi connectivity index (χ3n) is 4.84. The number of nitrogens with zero attached hydrogens (tertiary/aromatic N) is 1. The summed E-state index contributed by atoms with van der Waals surface area (Å²) in [4.78, 5) is 25.8. The third-order valence-corrected chi connectivity index (χ3v) is 4.84. The van der Waals surface area contributed by atoms with Gasteiger partial charge in [0.05, 0.1) is 12.6 Å². The number of β-amino-alcohol motifs (C(OH)–C–C–N with tert-alkyl or cyclic N) is 1. The van der Waals surface area contributed by atoms with Crippen molar-refractivity contribution < 1.29 is 24.5 Å². The molecule has 0 spiro atoms. The lowest BCUT2D eigenvalue weighted by Gasteiger charge is -2.35. The molecule has 0 aromatic heterocycles. The molecule has 7 heteroatoms. The number of phenolic OH excluding ortho intramolecular Hbond substituents is 1. The minimum Gasteiger partial charge on any atom is -0.508 e. The standard InChI is InChI=1S/C21H24N2O5/c24-18-8-6-16(7-9-18)20(26)22-12-17-10-11-23(13-19(17)25)21(27)28-14-15-4-2-1-3-5-15/h1-9,17,19,24-25H,10-14H2,(H,22,26)/t17-,19-/m0/s1. The van der Waals surface area contributed by atoms with Crippen molar-refractivity contribution in [3.8, 4) is 5.75 Å². The molecule has 2 aromatic rings. The summed E-state index contributed by atoms with van der Waals surface area (Å²) in [6.07, 6.45) is -0.620. The predicted molar refractivity (Wildman–Crippen MR) is 103 cm³/mol. The molecule has 3 rings (SSSR count). The molecule has 1 heterocycles. The normalized spacial score (nSPS) is 19.1. The van der Waals surface area contributed by atoms with E-state index in [2.05, 4.69) is 5.32 Å². The van der Waals surface area contributed by atoms with Crippen LogP contribution in [-0.2, 0) is 11.3 Å². The molecule has 7 nitrogen and oxygen atoms in total. The molecule has 2 aromatic carbocycles. The Balaban J connectivity index is 1.43. The zero-order valence-corrected chi connectivity index (χ0v) is 15.5. The number of likely N-dealkylation sites (tertiary alicyclic amines) is 1. The fourth-order valence-corrected chi connectivity index (χ4v) is 3.13. The number of phenols is 1. The van der Waals surface area contributed by atoms with Crippen molar-refractivity contribution >= 4 is 12.0 Å². The van der Waals surface area contributed by atoms with E-state index in [1.54, 1.807) is 0 Å². The highest BCUT2D eigenvalue weighted by atomic mass is 16.6. The van der Waals surface area contributed by atoms with Crippen molar-refractivity contribution in [2.75, 3.05) is 19.6 Å². The van der Waals surface area contributed by atoms with Gasteiger partial charge < -0.3 is 25.2 Å². The highest BCUT2D eigenvalue weighted by molar-refractivity contribution is 5.94. The molecule has 3 N–H and O–H groups in total. The van der Waals surface area contributed by atoms with Gasteiger partial charge in [-0.3, -0.25) is 4.79 Å². The fraction of sp³-hybridized carbons (Fsp3) is 0.333. The maximum absolute atomic E-state index is 12.2. The lowest BCUT2D eigenvalue weighted by molar-refractivity contribution is 0.0139. The Bertz CT molecular complexity index is 794. The van der Waals surface area contributed by atoms with E-state index in [4.69, 9.17) is 4.74 Å². The monoisotopic (exact) mass is 384 g/mol. The van der Waals surface area contributed by atoms with Crippen molar-refractivity contribution in [1.29, 1.82) is 0 Å². The van der Waals surface area contributed by atoms with Crippen LogP contribution in [0.15, 0.2) is 54.6 Å². The molecule has 1 saturated heterocycles. The second-order valence-corrected chi connectivity index (χ2v) is 6.86. The molecule has 28 heavy (non-hydrogen) atoms. The number of hydrogen-bond acceptors (Lipinski definition) is 5. The molecule has 0 radical (unpaired) electrons. The molecular weight excluding hydrogens is 360 g/mol. The maximum Gasteiger partial charge on any atom is 0.410 e. The number of ether oxygens (including phenoxy) is 1. The van der Waals surface area contributed by atoms with Crippen LogP contribution in [0, 0.1) is 5.92 Å². The molecule has 1 aliphatic rings. The van der Waals surface area contributed by atoms with Crippen LogP contribution in [0.4, 0.5) is 4.79 Å². The summed E-state index contributed by atoms with van der Waals surface area (Å²) in [6.45, 7) is 1.14. The van der Waals surface area contributed by atoms with Gasteiger partial charge >= 0.3 is 6.09 Å². The average Bonchev–Trinajstić information content (AvgIpc) is 2.72. The minimum absolute atomic E-state index is 0.0958. The third kappa shape index (κ3) is 5.23. The number of aliphatic hydroxyl groups is 1. The molecular formula is C21H24N2O5. The zero-order chi connectivity index (χ0) is 19.9. The van der Waals surface area contributed by atoms with Gasteiger partial charge in [-0.15, -0.1) is 0 Å². The Hall–Kier alpha value is -3.06. The number of aliphatic hydroxyl groups excluding tert-OH is 1. The van der Waals surface area contributed by atoms with Crippen LogP contribution in [0.3, 0.4) is 0 Å². The Labute approximate surface area is 163 Å². The first kappa shape index (κ1) is 19.7. The van der Waals surface area contributed by atoms with Gasteiger partial charge in [-0.1, -0.05) is 30.3 Å². The molecule has 2 atom stereocenters. The van der Waals surface area contributed by atoms with Crippen molar-refractivity contribution in [1.82, 2.24) is 10.2 Å². The number of carbonyl (C=O) groups excluding carboxylic acids is 2. The van der Waals surface area contributed by atoms with Gasteiger partial charge in [-0.2, -0.15) is 0 Å². The molecule has 1 aliphatic heterocycles. The molecule has 2 amide bonds. The SMILES string of the molecule is O=C(NC[C@@H]1CCN(C(=O)OCc2ccccc2)C[C@@H]1O)c1ccc(O)cc1. The van der Waals surface area contributed by atoms with E-state index in [0.717, 1.165) is 5.56 Å².